The highest BCUT2D eigenvalue weighted by atomic mass is 32.2. The van der Waals surface area contributed by atoms with Crippen molar-refractivity contribution in [2.45, 2.75) is 17.7 Å². The van der Waals surface area contributed by atoms with Crippen molar-refractivity contribution >= 4 is 15.8 Å². The number of sulfone groups is 1. The summed E-state index contributed by atoms with van der Waals surface area (Å²) in [5.41, 5.74) is -0.446. The molecule has 1 aromatic carbocycles. The van der Waals surface area contributed by atoms with Gasteiger partial charge in [-0.25, -0.2) is 13.2 Å². The molecular formula is C11H14O6S. The molecule has 7 heteroatoms. The van der Waals surface area contributed by atoms with Crippen molar-refractivity contribution in [2.24, 2.45) is 0 Å². The molecule has 0 aliphatic carbocycles. The van der Waals surface area contributed by atoms with Crippen LogP contribution in [0.2, 0.25) is 0 Å². The summed E-state index contributed by atoms with van der Waals surface area (Å²) in [5, 5.41) is 26.6. The van der Waals surface area contributed by atoms with Gasteiger partial charge < -0.3 is 15.3 Å². The van der Waals surface area contributed by atoms with Crippen molar-refractivity contribution in [1.29, 1.82) is 0 Å². The van der Waals surface area contributed by atoms with Crippen molar-refractivity contribution in [1.82, 2.24) is 0 Å². The number of rotatable bonds is 6. The first-order valence-electron chi connectivity index (χ1n) is 5.28. The summed E-state index contributed by atoms with van der Waals surface area (Å²) in [6.45, 7) is -0.0918. The SMILES string of the molecule is O=C(O)c1cc(S(=O)(=O)CCCCO)ccc1O. The van der Waals surface area contributed by atoms with Crippen LogP contribution in [0.4, 0.5) is 0 Å². The monoisotopic (exact) mass is 274 g/mol. The summed E-state index contributed by atoms with van der Waals surface area (Å²) >= 11 is 0. The fourth-order valence-electron chi connectivity index (χ4n) is 1.40. The number of carbonyl (C=O) groups is 1. The standard InChI is InChI=1S/C11H14O6S/c12-5-1-2-6-18(16,17)8-3-4-10(13)9(7-8)11(14)15/h3-4,7,12-13H,1-2,5-6H2,(H,14,15). The molecule has 0 radical (unpaired) electrons. The fraction of sp³-hybridized carbons (Fsp3) is 0.364. The van der Waals surface area contributed by atoms with Crippen LogP contribution >= 0.6 is 0 Å². The highest BCUT2D eigenvalue weighted by molar-refractivity contribution is 7.91. The first-order valence-corrected chi connectivity index (χ1v) is 6.93. The molecule has 100 valence electrons. The second kappa shape index (κ2) is 5.83. The van der Waals surface area contributed by atoms with Crippen molar-refractivity contribution in [3.63, 3.8) is 0 Å². The van der Waals surface area contributed by atoms with Crippen molar-refractivity contribution in [3.8, 4) is 5.75 Å². The number of carboxylic acid groups (broad SMARTS) is 1. The molecule has 0 aliphatic rings. The maximum absolute atomic E-state index is 11.8. The molecule has 0 saturated carbocycles. The second-order valence-electron chi connectivity index (χ2n) is 3.73. The summed E-state index contributed by atoms with van der Waals surface area (Å²) in [4.78, 5) is 10.6. The maximum Gasteiger partial charge on any atom is 0.339 e. The van der Waals surface area contributed by atoms with Crippen LogP contribution in [0.1, 0.15) is 23.2 Å². The number of aliphatic hydroxyl groups excluding tert-OH is 1. The Morgan fingerprint density at radius 1 is 1.22 bits per heavy atom. The van der Waals surface area contributed by atoms with Crippen molar-refractivity contribution in [3.05, 3.63) is 23.8 Å². The van der Waals surface area contributed by atoms with Crippen LogP contribution in [0.15, 0.2) is 23.1 Å². The van der Waals surface area contributed by atoms with Gasteiger partial charge >= 0.3 is 5.97 Å². The Kier molecular flexibility index (Phi) is 4.69. The highest BCUT2D eigenvalue weighted by Gasteiger charge is 2.18. The summed E-state index contributed by atoms with van der Waals surface area (Å²) in [7, 11) is -3.59. The van der Waals surface area contributed by atoms with E-state index in [0.717, 1.165) is 18.2 Å². The highest BCUT2D eigenvalue weighted by Crippen LogP contribution is 2.22. The molecule has 0 saturated heterocycles. The summed E-state index contributed by atoms with van der Waals surface area (Å²) in [5.74, 6) is -2.03. The number of carboxylic acids is 1. The fourth-order valence-corrected chi connectivity index (χ4v) is 2.79. The van der Waals surface area contributed by atoms with Gasteiger partial charge in [-0.2, -0.15) is 0 Å². The Morgan fingerprint density at radius 3 is 2.44 bits per heavy atom. The van der Waals surface area contributed by atoms with Crippen LogP contribution in [0.25, 0.3) is 0 Å². The van der Waals surface area contributed by atoms with Gasteiger partial charge in [0.1, 0.15) is 11.3 Å². The van der Waals surface area contributed by atoms with Crippen LogP contribution in [-0.2, 0) is 9.84 Å². The van der Waals surface area contributed by atoms with Gasteiger partial charge in [-0.15, -0.1) is 0 Å². The molecule has 3 N–H and O–H groups in total. The number of aliphatic hydroxyl groups is 1. The molecule has 0 bridgehead atoms. The van der Waals surface area contributed by atoms with Gasteiger partial charge in [-0.05, 0) is 31.0 Å². The molecule has 0 fully saturated rings. The van der Waals surface area contributed by atoms with E-state index in [9.17, 15) is 18.3 Å². The summed E-state index contributed by atoms with van der Waals surface area (Å²) in [6, 6.07) is 3.14. The molecule has 0 aliphatic heterocycles. The van der Waals surface area contributed by atoms with Crippen LogP contribution in [0.5, 0.6) is 5.75 Å². The zero-order valence-electron chi connectivity index (χ0n) is 9.54. The largest absolute Gasteiger partial charge is 0.507 e. The van der Waals surface area contributed by atoms with E-state index < -0.39 is 27.1 Å². The minimum absolute atomic E-state index is 0.0918. The van der Waals surface area contributed by atoms with Gasteiger partial charge in [-0.3, -0.25) is 0 Å². The van der Waals surface area contributed by atoms with Crippen LogP contribution in [0, 0.1) is 0 Å². The van der Waals surface area contributed by atoms with E-state index >= 15 is 0 Å². The molecular weight excluding hydrogens is 260 g/mol. The van der Waals surface area contributed by atoms with Gasteiger partial charge in [-0.1, -0.05) is 0 Å². The Hall–Kier alpha value is -1.60. The number of benzene rings is 1. The smallest absolute Gasteiger partial charge is 0.339 e. The topological polar surface area (TPSA) is 112 Å². The minimum Gasteiger partial charge on any atom is -0.507 e. The summed E-state index contributed by atoms with van der Waals surface area (Å²) in [6.07, 6.45) is 0.658. The average Bonchev–Trinajstić information content (AvgIpc) is 2.29. The molecule has 6 nitrogen and oxygen atoms in total. The molecule has 18 heavy (non-hydrogen) atoms. The molecule has 0 spiro atoms. The van der Waals surface area contributed by atoms with Crippen molar-refractivity contribution in [2.75, 3.05) is 12.4 Å². The van der Waals surface area contributed by atoms with E-state index in [-0.39, 0.29) is 17.3 Å². The van der Waals surface area contributed by atoms with E-state index in [1.165, 1.54) is 0 Å². The molecule has 1 rings (SSSR count). The minimum atomic E-state index is -3.59. The van der Waals surface area contributed by atoms with E-state index in [4.69, 9.17) is 10.2 Å². The van der Waals surface area contributed by atoms with Gasteiger partial charge in [0.15, 0.2) is 9.84 Å². The lowest BCUT2D eigenvalue weighted by molar-refractivity contribution is 0.0693. The van der Waals surface area contributed by atoms with E-state index in [0.29, 0.717) is 12.8 Å². The molecule has 0 aromatic heterocycles. The molecule has 0 unspecified atom stereocenters. The van der Waals surface area contributed by atoms with E-state index in [1.807, 2.05) is 0 Å². The van der Waals surface area contributed by atoms with Crippen LogP contribution < -0.4 is 0 Å². The lowest BCUT2D eigenvalue weighted by Gasteiger charge is -2.06. The van der Waals surface area contributed by atoms with Gasteiger partial charge in [0, 0.05) is 6.61 Å². The third-order valence-corrected chi connectivity index (χ3v) is 4.18. The van der Waals surface area contributed by atoms with E-state index in [2.05, 4.69) is 0 Å². The van der Waals surface area contributed by atoms with E-state index in [1.54, 1.807) is 0 Å². The van der Waals surface area contributed by atoms with Crippen LogP contribution in [-0.4, -0.2) is 42.1 Å². The number of unbranched alkanes of at least 4 members (excludes halogenated alkanes) is 1. The predicted octanol–water partition coefficient (Wildman–Crippen LogP) is 0.637. The number of phenols is 1. The number of aromatic carboxylic acids is 1. The maximum atomic E-state index is 11.8. The zero-order valence-corrected chi connectivity index (χ0v) is 10.4. The Bertz CT molecular complexity index is 534. The van der Waals surface area contributed by atoms with Crippen LogP contribution in [0.3, 0.4) is 0 Å². The Morgan fingerprint density at radius 2 is 1.89 bits per heavy atom. The van der Waals surface area contributed by atoms with Crippen molar-refractivity contribution < 1.29 is 28.5 Å². The van der Waals surface area contributed by atoms with Gasteiger partial charge in [0.2, 0.25) is 0 Å². The number of hydrogen-bond donors (Lipinski definition) is 3. The zero-order chi connectivity index (χ0) is 13.8. The quantitative estimate of drug-likeness (QED) is 0.656. The van der Waals surface area contributed by atoms with Gasteiger partial charge in [0.05, 0.1) is 10.6 Å². The van der Waals surface area contributed by atoms with Gasteiger partial charge in [0.25, 0.3) is 0 Å². The summed E-state index contributed by atoms with van der Waals surface area (Å²) < 4.78 is 23.7. The molecule has 1 aromatic rings. The number of aromatic hydroxyl groups is 1. The molecule has 0 amide bonds. The number of hydrogen-bond acceptors (Lipinski definition) is 5. The molecule has 0 atom stereocenters. The lowest BCUT2D eigenvalue weighted by atomic mass is 10.2. The third-order valence-electron chi connectivity index (χ3n) is 2.38. The second-order valence-corrected chi connectivity index (χ2v) is 5.84. The Balaban J connectivity index is 3.02. The normalized spacial score (nSPS) is 11.4. The predicted molar refractivity (Wildman–Crippen MR) is 63.4 cm³/mol. The lowest BCUT2D eigenvalue weighted by Crippen LogP contribution is -2.09. The average molecular weight is 274 g/mol. The molecule has 0 heterocycles. The first-order chi connectivity index (χ1) is 8.38. The third kappa shape index (κ3) is 3.44. The Labute approximate surface area is 104 Å². The first kappa shape index (κ1) is 14.5.